The summed E-state index contributed by atoms with van der Waals surface area (Å²) in [7, 11) is 2.21. The maximum atomic E-state index is 3.46. The number of rotatable bonds is 7. The molecule has 0 unspecified atom stereocenters. The highest BCUT2D eigenvalue weighted by molar-refractivity contribution is 9.09. The molecule has 1 rings (SSSR count). The molecular weight excluding hydrogens is 250 g/mol. The molecule has 0 atom stereocenters. The van der Waals surface area contributed by atoms with Crippen LogP contribution in [0.5, 0.6) is 0 Å². The van der Waals surface area contributed by atoms with Gasteiger partial charge in [0.1, 0.15) is 0 Å². The van der Waals surface area contributed by atoms with Crippen molar-refractivity contribution in [1.29, 1.82) is 0 Å². The number of benzene rings is 1. The Morgan fingerprint density at radius 1 is 1.07 bits per heavy atom. The van der Waals surface area contributed by atoms with Gasteiger partial charge in [-0.15, -0.1) is 0 Å². The summed E-state index contributed by atoms with van der Waals surface area (Å²) in [5.41, 5.74) is 1.44. The van der Waals surface area contributed by atoms with Crippen LogP contribution in [0.25, 0.3) is 0 Å². The molecule has 0 saturated heterocycles. The average Bonchev–Trinajstić information content (AvgIpc) is 2.28. The van der Waals surface area contributed by atoms with Gasteiger partial charge in [0.15, 0.2) is 0 Å². The van der Waals surface area contributed by atoms with Gasteiger partial charge in [0.2, 0.25) is 0 Å². The minimum Gasteiger partial charge on any atom is -0.306 e. The standard InChI is InChI=1S/C13H20BrN/c1-15(11-6-5-10-14)12-9-13-7-3-2-4-8-13/h2-4,7-8H,5-6,9-12H2,1H3. The summed E-state index contributed by atoms with van der Waals surface area (Å²) in [5, 5.41) is 1.12. The summed E-state index contributed by atoms with van der Waals surface area (Å²) >= 11 is 3.46. The first-order valence-electron chi connectivity index (χ1n) is 5.61. The predicted molar refractivity (Wildman–Crippen MR) is 70.7 cm³/mol. The molecule has 0 N–H and O–H groups in total. The van der Waals surface area contributed by atoms with Crippen molar-refractivity contribution in [2.75, 3.05) is 25.5 Å². The molecule has 0 radical (unpaired) electrons. The van der Waals surface area contributed by atoms with Crippen LogP contribution >= 0.6 is 15.9 Å². The van der Waals surface area contributed by atoms with Gasteiger partial charge in [-0.3, -0.25) is 0 Å². The second-order valence-electron chi connectivity index (χ2n) is 3.93. The first-order chi connectivity index (χ1) is 7.33. The van der Waals surface area contributed by atoms with Crippen LogP contribution in [-0.2, 0) is 6.42 Å². The fourth-order valence-electron chi connectivity index (χ4n) is 1.55. The molecule has 0 bridgehead atoms. The summed E-state index contributed by atoms with van der Waals surface area (Å²) in [5.74, 6) is 0. The van der Waals surface area contributed by atoms with Gasteiger partial charge in [0.25, 0.3) is 0 Å². The lowest BCUT2D eigenvalue weighted by molar-refractivity contribution is 0.333. The van der Waals surface area contributed by atoms with E-state index in [-0.39, 0.29) is 0 Å². The Bertz CT molecular complexity index is 248. The molecule has 0 spiro atoms. The molecule has 0 saturated carbocycles. The zero-order valence-electron chi connectivity index (χ0n) is 9.45. The number of unbranched alkanes of at least 4 members (excludes halogenated alkanes) is 1. The number of halogens is 1. The Kier molecular flexibility index (Phi) is 6.69. The third kappa shape index (κ3) is 5.95. The molecular formula is C13H20BrN. The molecule has 0 amide bonds. The number of likely N-dealkylation sites (N-methyl/N-ethyl adjacent to an activating group) is 1. The fraction of sp³-hybridized carbons (Fsp3) is 0.538. The highest BCUT2D eigenvalue weighted by Crippen LogP contribution is 2.02. The molecule has 0 aromatic heterocycles. The van der Waals surface area contributed by atoms with Crippen LogP contribution in [0.2, 0.25) is 0 Å². The molecule has 2 heteroatoms. The first-order valence-corrected chi connectivity index (χ1v) is 6.73. The van der Waals surface area contributed by atoms with E-state index in [1.807, 2.05) is 0 Å². The van der Waals surface area contributed by atoms with E-state index in [0.29, 0.717) is 0 Å². The molecule has 0 aliphatic heterocycles. The Labute approximate surface area is 102 Å². The van der Waals surface area contributed by atoms with E-state index in [2.05, 4.69) is 58.2 Å². The van der Waals surface area contributed by atoms with Gasteiger partial charge in [0.05, 0.1) is 0 Å². The molecule has 0 fully saturated rings. The van der Waals surface area contributed by atoms with E-state index in [9.17, 15) is 0 Å². The second-order valence-corrected chi connectivity index (χ2v) is 4.73. The van der Waals surface area contributed by atoms with Crippen LogP contribution in [0, 0.1) is 0 Å². The third-order valence-electron chi connectivity index (χ3n) is 2.55. The van der Waals surface area contributed by atoms with Crippen molar-refractivity contribution >= 4 is 15.9 Å². The molecule has 1 aromatic carbocycles. The SMILES string of the molecule is CN(CCCCBr)CCc1ccccc1. The Hall–Kier alpha value is -0.340. The molecule has 15 heavy (non-hydrogen) atoms. The lowest BCUT2D eigenvalue weighted by Crippen LogP contribution is -2.22. The number of hydrogen-bond acceptors (Lipinski definition) is 1. The lowest BCUT2D eigenvalue weighted by Gasteiger charge is -2.15. The molecule has 1 aromatic rings. The van der Waals surface area contributed by atoms with Crippen LogP contribution in [0.3, 0.4) is 0 Å². The van der Waals surface area contributed by atoms with Crippen molar-refractivity contribution in [3.63, 3.8) is 0 Å². The van der Waals surface area contributed by atoms with Crippen LogP contribution in [-0.4, -0.2) is 30.4 Å². The predicted octanol–water partition coefficient (Wildman–Crippen LogP) is 3.34. The van der Waals surface area contributed by atoms with Crippen LogP contribution in [0.15, 0.2) is 30.3 Å². The molecule has 84 valence electrons. The first kappa shape index (κ1) is 12.7. The monoisotopic (exact) mass is 269 g/mol. The molecule has 0 aliphatic carbocycles. The lowest BCUT2D eigenvalue weighted by atomic mass is 10.1. The van der Waals surface area contributed by atoms with E-state index in [0.717, 1.165) is 18.3 Å². The van der Waals surface area contributed by atoms with Crippen molar-refractivity contribution in [2.24, 2.45) is 0 Å². The molecule has 1 nitrogen and oxygen atoms in total. The molecule has 0 aliphatic rings. The van der Waals surface area contributed by atoms with Crippen molar-refractivity contribution < 1.29 is 0 Å². The minimum atomic E-state index is 1.12. The van der Waals surface area contributed by atoms with E-state index in [1.165, 1.54) is 24.9 Å². The quantitative estimate of drug-likeness (QED) is 0.542. The summed E-state index contributed by atoms with van der Waals surface area (Å²) in [4.78, 5) is 2.41. The second kappa shape index (κ2) is 7.89. The number of hydrogen-bond donors (Lipinski definition) is 0. The zero-order valence-corrected chi connectivity index (χ0v) is 11.0. The topological polar surface area (TPSA) is 3.24 Å². The van der Waals surface area contributed by atoms with E-state index in [4.69, 9.17) is 0 Å². The van der Waals surface area contributed by atoms with Gasteiger partial charge in [-0.05, 0) is 38.4 Å². The summed E-state index contributed by atoms with van der Waals surface area (Å²) in [6, 6.07) is 10.7. The average molecular weight is 270 g/mol. The van der Waals surface area contributed by atoms with Gasteiger partial charge >= 0.3 is 0 Å². The van der Waals surface area contributed by atoms with Crippen molar-refractivity contribution in [2.45, 2.75) is 19.3 Å². The molecule has 0 heterocycles. The van der Waals surface area contributed by atoms with Gasteiger partial charge < -0.3 is 4.90 Å². The summed E-state index contributed by atoms with van der Waals surface area (Å²) in [6.45, 7) is 2.37. The highest BCUT2D eigenvalue weighted by atomic mass is 79.9. The van der Waals surface area contributed by atoms with E-state index in [1.54, 1.807) is 0 Å². The largest absolute Gasteiger partial charge is 0.306 e. The summed E-state index contributed by atoms with van der Waals surface area (Å²) < 4.78 is 0. The Balaban J connectivity index is 2.14. The zero-order chi connectivity index (χ0) is 10.9. The van der Waals surface area contributed by atoms with Crippen LogP contribution in [0.1, 0.15) is 18.4 Å². The van der Waals surface area contributed by atoms with Gasteiger partial charge in [-0.1, -0.05) is 46.3 Å². The normalized spacial score (nSPS) is 10.9. The Morgan fingerprint density at radius 3 is 2.47 bits per heavy atom. The highest BCUT2D eigenvalue weighted by Gasteiger charge is 1.98. The number of alkyl halides is 1. The van der Waals surface area contributed by atoms with Crippen molar-refractivity contribution in [1.82, 2.24) is 4.90 Å². The maximum Gasteiger partial charge on any atom is 0.00317 e. The Morgan fingerprint density at radius 2 is 1.80 bits per heavy atom. The minimum absolute atomic E-state index is 1.12. The fourth-order valence-corrected chi connectivity index (χ4v) is 1.95. The van der Waals surface area contributed by atoms with Gasteiger partial charge in [-0.25, -0.2) is 0 Å². The van der Waals surface area contributed by atoms with Crippen molar-refractivity contribution in [3.05, 3.63) is 35.9 Å². The van der Waals surface area contributed by atoms with Gasteiger partial charge in [0, 0.05) is 11.9 Å². The smallest absolute Gasteiger partial charge is 0.00317 e. The van der Waals surface area contributed by atoms with Crippen LogP contribution < -0.4 is 0 Å². The van der Waals surface area contributed by atoms with Crippen LogP contribution in [0.4, 0.5) is 0 Å². The third-order valence-corrected chi connectivity index (χ3v) is 3.11. The van der Waals surface area contributed by atoms with Crippen molar-refractivity contribution in [3.8, 4) is 0 Å². The van der Waals surface area contributed by atoms with E-state index < -0.39 is 0 Å². The van der Waals surface area contributed by atoms with Gasteiger partial charge in [-0.2, -0.15) is 0 Å². The maximum absolute atomic E-state index is 3.46. The summed E-state index contributed by atoms with van der Waals surface area (Å²) in [6.07, 6.45) is 3.72. The number of nitrogens with zero attached hydrogens (tertiary/aromatic N) is 1. The van der Waals surface area contributed by atoms with E-state index >= 15 is 0 Å².